The molecule has 1 heterocycles. The molecule has 2 aromatic rings. The molecule has 0 spiro atoms. The molecule has 88 valence electrons. The zero-order chi connectivity index (χ0) is 12.6. The summed E-state index contributed by atoms with van der Waals surface area (Å²) in [6.07, 6.45) is 0. The minimum Gasteiger partial charge on any atom is -0.476 e. The minimum absolute atomic E-state index is 0.0867. The number of aromatic nitrogens is 1. The van der Waals surface area contributed by atoms with Gasteiger partial charge in [-0.15, -0.1) is 11.3 Å². The van der Waals surface area contributed by atoms with Gasteiger partial charge in [-0.25, -0.2) is 9.78 Å². The van der Waals surface area contributed by atoms with Crippen LogP contribution in [0.3, 0.4) is 0 Å². The number of aryl methyl sites for hydroxylation is 1. The van der Waals surface area contributed by atoms with Gasteiger partial charge in [0, 0.05) is 4.47 Å². The number of thiazole rings is 1. The van der Waals surface area contributed by atoms with E-state index in [-0.39, 0.29) is 5.69 Å². The molecular formula is C11H7Br2NO2S. The van der Waals surface area contributed by atoms with E-state index in [0.29, 0.717) is 8.79 Å². The highest BCUT2D eigenvalue weighted by Gasteiger charge is 2.18. The van der Waals surface area contributed by atoms with Gasteiger partial charge in [0.1, 0.15) is 0 Å². The highest BCUT2D eigenvalue weighted by molar-refractivity contribution is 9.11. The number of hydrogen-bond donors (Lipinski definition) is 1. The molecule has 1 N–H and O–H groups in total. The maximum absolute atomic E-state index is 11.1. The van der Waals surface area contributed by atoms with Crippen molar-refractivity contribution in [1.82, 2.24) is 4.98 Å². The van der Waals surface area contributed by atoms with Gasteiger partial charge in [0.15, 0.2) is 9.61 Å². The van der Waals surface area contributed by atoms with E-state index in [4.69, 9.17) is 5.11 Å². The van der Waals surface area contributed by atoms with Crippen molar-refractivity contribution in [2.24, 2.45) is 0 Å². The Bertz CT molecular complexity index is 595. The van der Waals surface area contributed by atoms with Crippen LogP contribution in [0.4, 0.5) is 0 Å². The van der Waals surface area contributed by atoms with Crippen molar-refractivity contribution in [3.8, 4) is 10.4 Å². The second kappa shape index (κ2) is 4.88. The number of aromatic carboxylic acids is 1. The number of carboxylic acid groups (broad SMARTS) is 1. The molecule has 0 atom stereocenters. The molecule has 0 bridgehead atoms. The molecule has 0 aliphatic heterocycles. The summed E-state index contributed by atoms with van der Waals surface area (Å²) in [4.78, 5) is 15.7. The van der Waals surface area contributed by atoms with E-state index in [9.17, 15) is 4.79 Å². The fourth-order valence-corrected chi connectivity index (χ4v) is 3.11. The van der Waals surface area contributed by atoms with E-state index in [1.54, 1.807) is 0 Å². The summed E-state index contributed by atoms with van der Waals surface area (Å²) in [6.45, 7) is 1.96. The Kier molecular flexibility index (Phi) is 3.65. The summed E-state index contributed by atoms with van der Waals surface area (Å²) in [6, 6.07) is 5.73. The summed E-state index contributed by atoms with van der Waals surface area (Å²) >= 11 is 7.95. The van der Waals surface area contributed by atoms with Gasteiger partial charge in [0.2, 0.25) is 0 Å². The van der Waals surface area contributed by atoms with E-state index in [0.717, 1.165) is 15.6 Å². The molecule has 0 fully saturated rings. The van der Waals surface area contributed by atoms with Crippen molar-refractivity contribution in [1.29, 1.82) is 0 Å². The Morgan fingerprint density at radius 1 is 1.41 bits per heavy atom. The SMILES string of the molecule is Cc1cc(-c2sc(Br)nc2C(=O)O)ccc1Br. The average molecular weight is 377 g/mol. The van der Waals surface area contributed by atoms with Crippen LogP contribution < -0.4 is 0 Å². The highest BCUT2D eigenvalue weighted by Crippen LogP contribution is 2.34. The Labute approximate surface area is 119 Å². The van der Waals surface area contributed by atoms with Crippen LogP contribution in [-0.2, 0) is 0 Å². The van der Waals surface area contributed by atoms with Gasteiger partial charge in [-0.1, -0.05) is 22.0 Å². The van der Waals surface area contributed by atoms with Gasteiger partial charge in [0.25, 0.3) is 0 Å². The average Bonchev–Trinajstić information content (AvgIpc) is 2.64. The molecule has 0 saturated heterocycles. The topological polar surface area (TPSA) is 50.2 Å². The molecule has 0 aliphatic carbocycles. The standard InChI is InChI=1S/C11H7Br2NO2S/c1-5-4-6(2-3-7(5)12)9-8(10(15)16)14-11(13)17-9/h2-4H,1H3,(H,15,16). The van der Waals surface area contributed by atoms with E-state index in [1.165, 1.54) is 11.3 Å². The van der Waals surface area contributed by atoms with Crippen LogP contribution in [-0.4, -0.2) is 16.1 Å². The Balaban J connectivity index is 2.59. The predicted molar refractivity (Wildman–Crippen MR) is 74.6 cm³/mol. The molecule has 0 amide bonds. The fraction of sp³-hybridized carbons (Fsp3) is 0.0909. The molecule has 0 saturated carbocycles. The Morgan fingerprint density at radius 2 is 2.12 bits per heavy atom. The molecule has 1 aromatic heterocycles. The van der Waals surface area contributed by atoms with Crippen LogP contribution in [0.5, 0.6) is 0 Å². The van der Waals surface area contributed by atoms with Gasteiger partial charge >= 0.3 is 5.97 Å². The second-order valence-corrected chi connectivity index (χ2v) is 6.54. The minimum atomic E-state index is -1.01. The maximum atomic E-state index is 11.1. The normalized spacial score (nSPS) is 10.5. The third-order valence-corrected chi connectivity index (χ3v) is 4.67. The van der Waals surface area contributed by atoms with Crippen molar-refractivity contribution < 1.29 is 9.90 Å². The Morgan fingerprint density at radius 3 is 2.71 bits per heavy atom. The molecule has 0 unspecified atom stereocenters. The van der Waals surface area contributed by atoms with Crippen molar-refractivity contribution in [3.05, 3.63) is 37.8 Å². The van der Waals surface area contributed by atoms with Gasteiger partial charge in [-0.2, -0.15) is 0 Å². The lowest BCUT2D eigenvalue weighted by Crippen LogP contribution is -1.98. The molecule has 0 radical (unpaired) electrons. The summed E-state index contributed by atoms with van der Waals surface area (Å²) in [7, 11) is 0. The van der Waals surface area contributed by atoms with Crippen LogP contribution in [0.2, 0.25) is 0 Å². The third kappa shape index (κ3) is 2.59. The monoisotopic (exact) mass is 375 g/mol. The predicted octanol–water partition coefficient (Wildman–Crippen LogP) is 4.34. The van der Waals surface area contributed by atoms with Crippen molar-refractivity contribution >= 4 is 49.2 Å². The number of nitrogens with zero attached hydrogens (tertiary/aromatic N) is 1. The first-order valence-electron chi connectivity index (χ1n) is 4.65. The van der Waals surface area contributed by atoms with Gasteiger partial charge in [-0.3, -0.25) is 0 Å². The lowest BCUT2D eigenvalue weighted by molar-refractivity contribution is 0.0692. The molecule has 6 heteroatoms. The summed E-state index contributed by atoms with van der Waals surface area (Å²) in [5.74, 6) is -1.01. The first-order chi connectivity index (χ1) is 7.99. The highest BCUT2D eigenvalue weighted by atomic mass is 79.9. The number of hydrogen-bond acceptors (Lipinski definition) is 3. The van der Waals surface area contributed by atoms with Crippen LogP contribution in [0.15, 0.2) is 26.6 Å². The number of benzene rings is 1. The zero-order valence-corrected chi connectivity index (χ0v) is 12.7. The first-order valence-corrected chi connectivity index (χ1v) is 7.05. The maximum Gasteiger partial charge on any atom is 0.356 e. The van der Waals surface area contributed by atoms with E-state index >= 15 is 0 Å². The smallest absolute Gasteiger partial charge is 0.356 e. The number of halogens is 2. The molecule has 17 heavy (non-hydrogen) atoms. The lowest BCUT2D eigenvalue weighted by Gasteiger charge is -2.02. The van der Waals surface area contributed by atoms with Crippen LogP contribution in [0.1, 0.15) is 16.1 Å². The number of carbonyl (C=O) groups is 1. The first kappa shape index (κ1) is 12.7. The lowest BCUT2D eigenvalue weighted by atomic mass is 10.1. The molecule has 1 aromatic carbocycles. The van der Waals surface area contributed by atoms with Gasteiger partial charge < -0.3 is 5.11 Å². The third-order valence-electron chi connectivity index (χ3n) is 2.22. The summed E-state index contributed by atoms with van der Waals surface area (Å²) in [5, 5.41) is 9.08. The number of rotatable bonds is 2. The molecule has 2 rings (SSSR count). The van der Waals surface area contributed by atoms with Gasteiger partial charge in [0.05, 0.1) is 4.88 Å². The van der Waals surface area contributed by atoms with E-state index in [1.807, 2.05) is 25.1 Å². The van der Waals surface area contributed by atoms with Crippen molar-refractivity contribution in [2.45, 2.75) is 6.92 Å². The van der Waals surface area contributed by atoms with Crippen molar-refractivity contribution in [2.75, 3.05) is 0 Å². The second-order valence-electron chi connectivity index (χ2n) is 3.41. The van der Waals surface area contributed by atoms with E-state index < -0.39 is 5.97 Å². The van der Waals surface area contributed by atoms with Crippen LogP contribution in [0.25, 0.3) is 10.4 Å². The molecule has 0 aliphatic rings. The zero-order valence-electron chi connectivity index (χ0n) is 8.70. The summed E-state index contributed by atoms with van der Waals surface area (Å²) in [5.41, 5.74) is 2.01. The fourth-order valence-electron chi connectivity index (χ4n) is 1.42. The van der Waals surface area contributed by atoms with Gasteiger partial charge in [-0.05, 0) is 46.1 Å². The van der Waals surface area contributed by atoms with E-state index in [2.05, 4.69) is 36.8 Å². The Hall–Kier alpha value is -0.720. The van der Waals surface area contributed by atoms with Crippen LogP contribution >= 0.6 is 43.2 Å². The number of carboxylic acids is 1. The quantitative estimate of drug-likeness (QED) is 0.847. The van der Waals surface area contributed by atoms with Crippen LogP contribution in [0, 0.1) is 6.92 Å². The largest absolute Gasteiger partial charge is 0.476 e. The molecule has 3 nitrogen and oxygen atoms in total. The van der Waals surface area contributed by atoms with Crippen molar-refractivity contribution in [3.63, 3.8) is 0 Å². The summed E-state index contributed by atoms with van der Waals surface area (Å²) < 4.78 is 1.58. The molecular weight excluding hydrogens is 370 g/mol.